The van der Waals surface area contributed by atoms with Gasteiger partial charge in [0.15, 0.2) is 0 Å². The van der Waals surface area contributed by atoms with Crippen molar-refractivity contribution in [3.8, 4) is 0 Å². The zero-order valence-electron chi connectivity index (χ0n) is 13.6. The summed E-state index contributed by atoms with van der Waals surface area (Å²) in [6.07, 6.45) is 0. The van der Waals surface area contributed by atoms with Gasteiger partial charge in [0, 0.05) is 25.2 Å². The summed E-state index contributed by atoms with van der Waals surface area (Å²) in [5, 5.41) is 3.31. The van der Waals surface area contributed by atoms with E-state index < -0.39 is 0 Å². The van der Waals surface area contributed by atoms with Gasteiger partial charge in [0.2, 0.25) is 0 Å². The highest BCUT2D eigenvalue weighted by molar-refractivity contribution is 5.58. The summed E-state index contributed by atoms with van der Waals surface area (Å²) in [6, 6.07) is 0.398. The summed E-state index contributed by atoms with van der Waals surface area (Å²) >= 11 is 0. The first-order valence-corrected chi connectivity index (χ1v) is 7.00. The molecule has 1 N–H and O–H groups in total. The molecular weight excluding hydrogens is 236 g/mol. The molecule has 1 atom stereocenters. The van der Waals surface area contributed by atoms with Gasteiger partial charge in [0.25, 0.3) is 0 Å². The van der Waals surface area contributed by atoms with E-state index in [9.17, 15) is 0 Å². The van der Waals surface area contributed by atoms with E-state index in [0.29, 0.717) is 6.04 Å². The minimum Gasteiger partial charge on any atom is -0.370 e. The van der Waals surface area contributed by atoms with Crippen molar-refractivity contribution in [3.05, 3.63) is 11.4 Å². The predicted octanol–water partition coefficient (Wildman–Crippen LogP) is 3.40. The van der Waals surface area contributed by atoms with Gasteiger partial charge in [-0.1, -0.05) is 20.8 Å². The van der Waals surface area contributed by atoms with Crippen molar-refractivity contribution in [2.75, 3.05) is 23.8 Å². The van der Waals surface area contributed by atoms with E-state index in [1.54, 1.807) is 0 Å². The van der Waals surface area contributed by atoms with E-state index in [-0.39, 0.29) is 5.41 Å². The molecule has 0 amide bonds. The number of nitrogens with one attached hydrogen (secondary N) is 1. The van der Waals surface area contributed by atoms with Gasteiger partial charge >= 0.3 is 0 Å². The lowest BCUT2D eigenvalue weighted by atomic mass is 9.87. The van der Waals surface area contributed by atoms with Gasteiger partial charge in [0.05, 0.1) is 0 Å². The average Bonchev–Trinajstić information content (AvgIpc) is 2.30. The van der Waals surface area contributed by atoms with Crippen LogP contribution in [0.1, 0.15) is 46.0 Å². The molecule has 19 heavy (non-hydrogen) atoms. The maximum absolute atomic E-state index is 4.62. The molecular formula is C15H28N4. The number of hydrogen-bond acceptors (Lipinski definition) is 4. The maximum Gasteiger partial charge on any atom is 0.137 e. The minimum absolute atomic E-state index is 0.207. The molecule has 0 fully saturated rings. The minimum atomic E-state index is 0.207. The normalized spacial score (nSPS) is 13.3. The van der Waals surface area contributed by atoms with Crippen molar-refractivity contribution in [1.82, 2.24) is 9.97 Å². The monoisotopic (exact) mass is 264 g/mol. The number of rotatable bonds is 4. The Bertz CT molecular complexity index is 435. The molecule has 0 aliphatic carbocycles. The first-order valence-electron chi connectivity index (χ1n) is 7.00. The zero-order chi connectivity index (χ0) is 14.8. The van der Waals surface area contributed by atoms with E-state index in [1.807, 2.05) is 6.92 Å². The first-order chi connectivity index (χ1) is 8.68. The van der Waals surface area contributed by atoms with Crippen molar-refractivity contribution < 1.29 is 0 Å². The number of aryl methyl sites for hydroxylation is 1. The van der Waals surface area contributed by atoms with Crippen LogP contribution >= 0.6 is 0 Å². The van der Waals surface area contributed by atoms with E-state index in [4.69, 9.17) is 0 Å². The quantitative estimate of drug-likeness (QED) is 0.905. The van der Waals surface area contributed by atoms with Crippen LogP contribution in [0.25, 0.3) is 0 Å². The summed E-state index contributed by atoms with van der Waals surface area (Å²) in [5.41, 5.74) is 1.32. The summed E-state index contributed by atoms with van der Waals surface area (Å²) in [7, 11) is 2.11. The molecule has 0 aliphatic rings. The van der Waals surface area contributed by atoms with E-state index in [2.05, 4.69) is 68.8 Å². The van der Waals surface area contributed by atoms with Gasteiger partial charge in [-0.15, -0.1) is 0 Å². The highest BCUT2D eigenvalue weighted by atomic mass is 15.2. The highest BCUT2D eigenvalue weighted by Crippen LogP contribution is 2.30. The Morgan fingerprint density at radius 3 is 2.26 bits per heavy atom. The van der Waals surface area contributed by atoms with Gasteiger partial charge in [-0.05, 0) is 33.1 Å². The molecule has 0 aliphatic heterocycles. The standard InChI is InChI=1S/C15H28N4/c1-9-16-13-10(2)14(18-12(4)17-13)19(8)11(3)15(5,6)7/h11H,9H2,1-8H3,(H,16,17,18). The van der Waals surface area contributed by atoms with Gasteiger partial charge in [-0.25, -0.2) is 9.97 Å². The molecule has 0 bridgehead atoms. The van der Waals surface area contributed by atoms with Crippen molar-refractivity contribution in [2.45, 2.75) is 54.5 Å². The van der Waals surface area contributed by atoms with Crippen LogP contribution in [0, 0.1) is 19.3 Å². The average molecular weight is 264 g/mol. The molecule has 1 rings (SSSR count). The van der Waals surface area contributed by atoms with Gasteiger partial charge in [-0.2, -0.15) is 0 Å². The molecule has 108 valence electrons. The van der Waals surface area contributed by atoms with E-state index >= 15 is 0 Å². The van der Waals surface area contributed by atoms with Crippen molar-refractivity contribution in [1.29, 1.82) is 0 Å². The fraction of sp³-hybridized carbons (Fsp3) is 0.733. The van der Waals surface area contributed by atoms with Gasteiger partial charge in [0.1, 0.15) is 17.5 Å². The lowest BCUT2D eigenvalue weighted by Crippen LogP contribution is -2.40. The second-order valence-corrected chi connectivity index (χ2v) is 6.25. The lowest BCUT2D eigenvalue weighted by molar-refractivity contribution is 0.328. The molecule has 4 nitrogen and oxygen atoms in total. The van der Waals surface area contributed by atoms with Crippen LogP contribution in [0.4, 0.5) is 11.6 Å². The second-order valence-electron chi connectivity index (χ2n) is 6.25. The molecule has 1 aromatic heterocycles. The number of hydrogen-bond donors (Lipinski definition) is 1. The molecule has 0 aromatic carbocycles. The molecule has 0 saturated carbocycles. The second kappa shape index (κ2) is 5.76. The molecule has 0 spiro atoms. The largest absolute Gasteiger partial charge is 0.370 e. The third-order valence-electron chi connectivity index (χ3n) is 3.74. The summed E-state index contributed by atoms with van der Waals surface area (Å²) < 4.78 is 0. The van der Waals surface area contributed by atoms with Gasteiger partial charge in [-0.3, -0.25) is 0 Å². The van der Waals surface area contributed by atoms with Crippen molar-refractivity contribution in [2.24, 2.45) is 5.41 Å². The van der Waals surface area contributed by atoms with Crippen LogP contribution in [0.5, 0.6) is 0 Å². The first kappa shape index (κ1) is 15.7. The van der Waals surface area contributed by atoms with Crippen molar-refractivity contribution in [3.63, 3.8) is 0 Å². The third-order valence-corrected chi connectivity index (χ3v) is 3.74. The number of anilines is 2. The van der Waals surface area contributed by atoms with Crippen molar-refractivity contribution >= 4 is 11.6 Å². The Labute approximate surface area is 117 Å². The maximum atomic E-state index is 4.62. The van der Waals surface area contributed by atoms with Crippen LogP contribution in [0.15, 0.2) is 0 Å². The van der Waals surface area contributed by atoms with Crippen LogP contribution < -0.4 is 10.2 Å². The molecule has 0 radical (unpaired) electrons. The fourth-order valence-corrected chi connectivity index (χ4v) is 2.06. The predicted molar refractivity (Wildman–Crippen MR) is 83.0 cm³/mol. The summed E-state index contributed by atoms with van der Waals surface area (Å²) in [4.78, 5) is 11.4. The SMILES string of the molecule is CCNc1nc(C)nc(N(C)C(C)C(C)(C)C)c1C. The molecule has 1 unspecified atom stereocenters. The van der Waals surface area contributed by atoms with Crippen LogP contribution in [-0.4, -0.2) is 29.6 Å². The topological polar surface area (TPSA) is 41.1 Å². The Morgan fingerprint density at radius 1 is 1.21 bits per heavy atom. The number of nitrogens with zero attached hydrogens (tertiary/aromatic N) is 3. The summed E-state index contributed by atoms with van der Waals surface area (Å²) in [6.45, 7) is 16.0. The third kappa shape index (κ3) is 3.58. The Kier molecular flexibility index (Phi) is 4.77. The molecule has 1 aromatic rings. The van der Waals surface area contributed by atoms with Crippen LogP contribution in [0.2, 0.25) is 0 Å². The van der Waals surface area contributed by atoms with E-state index in [1.165, 1.54) is 0 Å². The smallest absolute Gasteiger partial charge is 0.137 e. The van der Waals surface area contributed by atoms with E-state index in [0.717, 1.165) is 29.6 Å². The number of aromatic nitrogens is 2. The molecule has 4 heteroatoms. The fourth-order valence-electron chi connectivity index (χ4n) is 2.06. The van der Waals surface area contributed by atoms with Crippen LogP contribution in [-0.2, 0) is 0 Å². The zero-order valence-corrected chi connectivity index (χ0v) is 13.6. The molecule has 1 heterocycles. The molecule has 0 saturated heterocycles. The Morgan fingerprint density at radius 2 is 1.79 bits per heavy atom. The van der Waals surface area contributed by atoms with Gasteiger partial charge < -0.3 is 10.2 Å². The Hall–Kier alpha value is -1.32. The lowest BCUT2D eigenvalue weighted by Gasteiger charge is -2.37. The Balaban J connectivity index is 3.19. The highest BCUT2D eigenvalue weighted by Gasteiger charge is 2.26. The summed E-state index contributed by atoms with van der Waals surface area (Å²) in [5.74, 6) is 2.77. The van der Waals surface area contributed by atoms with Crippen LogP contribution in [0.3, 0.4) is 0 Å².